The Morgan fingerprint density at radius 1 is 0.767 bits per heavy atom. The van der Waals surface area contributed by atoms with Crippen LogP contribution in [-0.2, 0) is 13.2 Å². The maximum absolute atomic E-state index is 6.30. The molecular weight excluding hydrogens is 394 g/mol. The molecule has 0 amide bonds. The minimum atomic E-state index is 0.380. The summed E-state index contributed by atoms with van der Waals surface area (Å²) in [6.45, 7) is 3.54. The zero-order valence-electron chi connectivity index (χ0n) is 16.9. The number of ether oxygens (including phenoxy) is 2. The molecule has 152 valence electrons. The predicted molar refractivity (Wildman–Crippen MR) is 125 cm³/mol. The van der Waals surface area contributed by atoms with Crippen LogP contribution < -0.4 is 14.8 Å². The van der Waals surface area contributed by atoms with Gasteiger partial charge < -0.3 is 14.8 Å². The minimum Gasteiger partial charge on any atom is -0.490 e. The summed E-state index contributed by atoms with van der Waals surface area (Å²) in [7, 11) is 0. The molecule has 4 heteroatoms. The van der Waals surface area contributed by atoms with Crippen LogP contribution in [0.2, 0.25) is 5.02 Å². The van der Waals surface area contributed by atoms with E-state index in [2.05, 4.69) is 53.8 Å². The highest BCUT2D eigenvalue weighted by Gasteiger charge is 2.13. The van der Waals surface area contributed by atoms with Gasteiger partial charge in [-0.2, -0.15) is 0 Å². The van der Waals surface area contributed by atoms with Crippen molar-refractivity contribution in [1.29, 1.82) is 0 Å². The van der Waals surface area contributed by atoms with Crippen molar-refractivity contribution in [3.05, 3.63) is 101 Å². The van der Waals surface area contributed by atoms with E-state index in [1.54, 1.807) is 0 Å². The lowest BCUT2D eigenvalue weighted by atomic mass is 10.1. The number of hydrogen-bond acceptors (Lipinski definition) is 3. The summed E-state index contributed by atoms with van der Waals surface area (Å²) < 4.78 is 12.0. The van der Waals surface area contributed by atoms with Crippen molar-refractivity contribution in [2.45, 2.75) is 20.1 Å². The second-order valence-corrected chi connectivity index (χ2v) is 7.34. The Kier molecular flexibility index (Phi) is 6.41. The van der Waals surface area contributed by atoms with Gasteiger partial charge in [-0.25, -0.2) is 0 Å². The summed E-state index contributed by atoms with van der Waals surface area (Å²) in [5.41, 5.74) is 3.06. The van der Waals surface area contributed by atoms with Crippen LogP contribution in [0, 0.1) is 0 Å². The number of nitrogens with one attached hydrogen (secondary N) is 1. The first-order chi connectivity index (χ1) is 14.8. The lowest BCUT2D eigenvalue weighted by Crippen LogP contribution is -2.06. The minimum absolute atomic E-state index is 0.380. The van der Waals surface area contributed by atoms with Gasteiger partial charge in [-0.1, -0.05) is 78.3 Å². The highest BCUT2D eigenvalue weighted by Crippen LogP contribution is 2.34. The van der Waals surface area contributed by atoms with Gasteiger partial charge in [0.2, 0.25) is 0 Å². The van der Waals surface area contributed by atoms with E-state index in [4.69, 9.17) is 21.1 Å². The molecule has 4 rings (SSSR count). The molecule has 0 saturated carbocycles. The normalized spacial score (nSPS) is 10.7. The molecule has 0 atom stereocenters. The van der Waals surface area contributed by atoms with Gasteiger partial charge in [0.15, 0.2) is 11.5 Å². The summed E-state index contributed by atoms with van der Waals surface area (Å²) >= 11 is 6.30. The van der Waals surface area contributed by atoms with Gasteiger partial charge in [0.1, 0.15) is 6.61 Å². The van der Waals surface area contributed by atoms with Crippen LogP contribution in [0.3, 0.4) is 0 Å². The lowest BCUT2D eigenvalue weighted by Gasteiger charge is -2.18. The van der Waals surface area contributed by atoms with E-state index in [1.807, 2.05) is 43.3 Å². The van der Waals surface area contributed by atoms with E-state index in [9.17, 15) is 0 Å². The number of anilines is 1. The van der Waals surface area contributed by atoms with Crippen molar-refractivity contribution in [3.8, 4) is 11.5 Å². The molecule has 4 aromatic rings. The Labute approximate surface area is 182 Å². The SMILES string of the molecule is CCOc1cccc(CNc2cccc3ccccc23)c1OCc1ccccc1Cl. The van der Waals surface area contributed by atoms with E-state index in [0.717, 1.165) is 28.3 Å². The molecule has 0 aromatic heterocycles. The summed E-state index contributed by atoms with van der Waals surface area (Å²) in [6, 6.07) is 28.3. The first-order valence-corrected chi connectivity index (χ1v) is 10.5. The number of para-hydroxylation sites is 1. The number of rotatable bonds is 8. The smallest absolute Gasteiger partial charge is 0.166 e. The fourth-order valence-electron chi connectivity index (χ4n) is 3.47. The topological polar surface area (TPSA) is 30.5 Å². The average Bonchev–Trinajstić information content (AvgIpc) is 2.78. The maximum atomic E-state index is 6.30. The summed E-state index contributed by atoms with van der Waals surface area (Å²) in [5.74, 6) is 1.48. The number of benzene rings is 4. The van der Waals surface area contributed by atoms with Crippen molar-refractivity contribution in [3.63, 3.8) is 0 Å². The molecule has 4 aromatic carbocycles. The van der Waals surface area contributed by atoms with Gasteiger partial charge >= 0.3 is 0 Å². The van der Waals surface area contributed by atoms with E-state index < -0.39 is 0 Å². The zero-order valence-corrected chi connectivity index (χ0v) is 17.7. The van der Waals surface area contributed by atoms with Crippen LogP contribution in [0.25, 0.3) is 10.8 Å². The Morgan fingerprint density at radius 2 is 1.50 bits per heavy atom. The molecule has 0 bridgehead atoms. The third-order valence-electron chi connectivity index (χ3n) is 4.95. The Hall–Kier alpha value is -3.17. The van der Waals surface area contributed by atoms with Crippen LogP contribution in [0.4, 0.5) is 5.69 Å². The van der Waals surface area contributed by atoms with Crippen LogP contribution in [0.5, 0.6) is 11.5 Å². The van der Waals surface area contributed by atoms with E-state index in [1.165, 1.54) is 10.8 Å². The second-order valence-electron chi connectivity index (χ2n) is 6.94. The highest BCUT2D eigenvalue weighted by atomic mass is 35.5. The fraction of sp³-hybridized carbons (Fsp3) is 0.154. The molecule has 0 spiro atoms. The van der Waals surface area contributed by atoms with Gasteiger partial charge in [-0.3, -0.25) is 0 Å². The van der Waals surface area contributed by atoms with Gasteiger partial charge in [-0.05, 0) is 30.5 Å². The second kappa shape index (κ2) is 9.55. The number of fused-ring (bicyclic) bond motifs is 1. The van der Waals surface area contributed by atoms with Crippen molar-refractivity contribution >= 4 is 28.1 Å². The molecule has 0 unspecified atom stereocenters. The molecule has 0 fully saturated rings. The van der Waals surface area contributed by atoms with Crippen molar-refractivity contribution in [2.75, 3.05) is 11.9 Å². The highest BCUT2D eigenvalue weighted by molar-refractivity contribution is 6.31. The van der Waals surface area contributed by atoms with Crippen LogP contribution in [-0.4, -0.2) is 6.61 Å². The molecule has 0 aliphatic carbocycles. The predicted octanol–water partition coefficient (Wildman–Crippen LogP) is 7.08. The number of halogens is 1. The Bertz CT molecular complexity index is 1140. The van der Waals surface area contributed by atoms with Crippen LogP contribution >= 0.6 is 11.6 Å². The van der Waals surface area contributed by atoms with E-state index in [-0.39, 0.29) is 0 Å². The average molecular weight is 418 g/mol. The Morgan fingerprint density at radius 3 is 2.37 bits per heavy atom. The summed E-state index contributed by atoms with van der Waals surface area (Å²) in [4.78, 5) is 0. The van der Waals surface area contributed by atoms with E-state index in [0.29, 0.717) is 24.8 Å². The first-order valence-electron chi connectivity index (χ1n) is 10.1. The van der Waals surface area contributed by atoms with Gasteiger partial charge in [0.05, 0.1) is 6.61 Å². The lowest BCUT2D eigenvalue weighted by molar-refractivity contribution is 0.267. The van der Waals surface area contributed by atoms with Gasteiger partial charge in [0.25, 0.3) is 0 Å². The quantitative estimate of drug-likeness (QED) is 0.332. The third-order valence-corrected chi connectivity index (χ3v) is 5.32. The molecule has 0 radical (unpaired) electrons. The Balaban J connectivity index is 1.59. The molecule has 0 saturated heterocycles. The van der Waals surface area contributed by atoms with E-state index >= 15 is 0 Å². The molecule has 30 heavy (non-hydrogen) atoms. The van der Waals surface area contributed by atoms with Crippen LogP contribution in [0.1, 0.15) is 18.1 Å². The molecule has 0 aliphatic rings. The van der Waals surface area contributed by atoms with Gasteiger partial charge in [0, 0.05) is 33.8 Å². The first kappa shape index (κ1) is 20.1. The largest absolute Gasteiger partial charge is 0.490 e. The fourth-order valence-corrected chi connectivity index (χ4v) is 3.66. The van der Waals surface area contributed by atoms with Crippen molar-refractivity contribution < 1.29 is 9.47 Å². The summed E-state index contributed by atoms with van der Waals surface area (Å²) in [6.07, 6.45) is 0. The molecular formula is C26H24ClNO2. The monoisotopic (exact) mass is 417 g/mol. The van der Waals surface area contributed by atoms with Crippen LogP contribution in [0.15, 0.2) is 84.9 Å². The van der Waals surface area contributed by atoms with Crippen molar-refractivity contribution in [1.82, 2.24) is 0 Å². The zero-order chi connectivity index (χ0) is 20.8. The standard InChI is InChI=1S/C26H24ClNO2/c1-2-29-25-16-8-12-20(26(25)30-18-21-10-4-6-14-23(21)27)17-28-24-15-7-11-19-9-3-5-13-22(19)24/h3-16,28H,2,17-18H2,1H3. The number of hydrogen-bond donors (Lipinski definition) is 1. The summed E-state index contributed by atoms with van der Waals surface area (Å²) in [5, 5.41) is 6.66. The maximum Gasteiger partial charge on any atom is 0.166 e. The third kappa shape index (κ3) is 4.52. The molecule has 0 aliphatic heterocycles. The van der Waals surface area contributed by atoms with Crippen molar-refractivity contribution in [2.24, 2.45) is 0 Å². The molecule has 3 nitrogen and oxygen atoms in total. The van der Waals surface area contributed by atoms with Gasteiger partial charge in [-0.15, -0.1) is 0 Å². The molecule has 0 heterocycles. The molecule has 1 N–H and O–H groups in total.